The number of amides is 3. The summed E-state index contributed by atoms with van der Waals surface area (Å²) in [6.45, 7) is 14.1. The van der Waals surface area contributed by atoms with Crippen molar-refractivity contribution < 1.29 is 38.5 Å². The number of amidine groups is 2. The zero-order valence-corrected chi connectivity index (χ0v) is 52.2. The Labute approximate surface area is 510 Å². The number of benzene rings is 2. The number of nitrogens with two attached hydrogens (primary N) is 1. The van der Waals surface area contributed by atoms with Gasteiger partial charge in [0.05, 0.1) is 39.1 Å². The quantitative estimate of drug-likeness (QED) is 0.0112. The molecule has 3 aromatic heterocycles. The molecule has 2 aliphatic carbocycles. The van der Waals surface area contributed by atoms with Crippen LogP contribution in [0.5, 0.6) is 5.75 Å². The van der Waals surface area contributed by atoms with Gasteiger partial charge in [-0.1, -0.05) is 75.6 Å². The predicted molar refractivity (Wildman–Crippen MR) is 337 cm³/mol. The van der Waals surface area contributed by atoms with Gasteiger partial charge in [-0.3, -0.25) is 24.5 Å². The van der Waals surface area contributed by atoms with Gasteiger partial charge in [0.15, 0.2) is 5.67 Å². The number of hydrogen-bond acceptors (Lipinski definition) is 16. The van der Waals surface area contributed by atoms with E-state index in [-0.39, 0.29) is 48.6 Å². The third kappa shape index (κ3) is 16.2. The molecule has 4 aliphatic rings. The highest BCUT2D eigenvalue weighted by Gasteiger charge is 2.53. The summed E-state index contributed by atoms with van der Waals surface area (Å²) in [4.78, 5) is 69.9. The number of dihydropyridines is 1. The van der Waals surface area contributed by atoms with Crippen molar-refractivity contribution in [2.75, 3.05) is 40.3 Å². The van der Waals surface area contributed by atoms with Gasteiger partial charge in [-0.15, -0.1) is 11.3 Å². The number of likely N-dealkylation sites (tertiary alicyclic amines) is 1. The minimum Gasteiger partial charge on any atom is -0.493 e. The number of ether oxygens (including phenoxy) is 1. The van der Waals surface area contributed by atoms with Gasteiger partial charge in [-0.2, -0.15) is 5.10 Å². The Balaban J connectivity index is 0.000000225. The molecule has 20 nitrogen and oxygen atoms in total. The van der Waals surface area contributed by atoms with Crippen LogP contribution in [-0.2, 0) is 32.3 Å². The number of aryl methyl sites for hydroxylation is 1. The van der Waals surface area contributed by atoms with Gasteiger partial charge in [0.1, 0.15) is 47.3 Å². The molecule has 3 amide bonds. The van der Waals surface area contributed by atoms with E-state index in [4.69, 9.17) is 15.9 Å². The molecular formula is C63H82FN13O7S2. The largest absolute Gasteiger partial charge is 0.493 e. The first-order valence-electron chi connectivity index (χ1n) is 29.5. The van der Waals surface area contributed by atoms with Crippen molar-refractivity contribution in [3.05, 3.63) is 118 Å². The Morgan fingerprint density at radius 2 is 1.81 bits per heavy atom. The number of allylic oxidation sites excluding steroid dienone is 3. The lowest BCUT2D eigenvalue weighted by atomic mass is 9.85. The van der Waals surface area contributed by atoms with Crippen molar-refractivity contribution in [2.24, 2.45) is 22.1 Å². The van der Waals surface area contributed by atoms with Crippen molar-refractivity contribution >= 4 is 79.3 Å². The van der Waals surface area contributed by atoms with Crippen molar-refractivity contribution in [1.29, 1.82) is 5.41 Å². The number of hydrogen-bond donors (Lipinski definition) is 7. The number of aliphatic hydroxyl groups excluding tert-OH is 1. The van der Waals surface area contributed by atoms with Crippen LogP contribution in [0.1, 0.15) is 121 Å². The molecule has 9 rings (SSSR count). The molecule has 2 atom stereocenters. The number of aromatic nitrogens is 4. The van der Waals surface area contributed by atoms with E-state index in [0.29, 0.717) is 85.7 Å². The van der Waals surface area contributed by atoms with Gasteiger partial charge >= 0.3 is 0 Å². The Kier molecular flexibility index (Phi) is 21.4. The molecule has 5 aromatic rings. The van der Waals surface area contributed by atoms with Crippen molar-refractivity contribution in [3.8, 4) is 16.2 Å². The van der Waals surface area contributed by atoms with Crippen LogP contribution in [0.3, 0.4) is 0 Å². The number of para-hydroxylation sites is 1. The summed E-state index contributed by atoms with van der Waals surface area (Å²) in [7, 11) is 3.93. The molecule has 86 heavy (non-hydrogen) atoms. The minimum absolute atomic E-state index is 0.159. The number of fused-ring (bicyclic) bond motifs is 1. The Morgan fingerprint density at radius 3 is 2.49 bits per heavy atom. The number of aliphatic hydroxyl groups is 2. The summed E-state index contributed by atoms with van der Waals surface area (Å²) in [6, 6.07) is 12.0. The average molecular weight is 1220 g/mol. The smallest absolute Gasteiger partial charge is 0.299 e. The maximum atomic E-state index is 14.4. The molecule has 5 heterocycles. The lowest BCUT2D eigenvalue weighted by Gasteiger charge is -2.35. The van der Waals surface area contributed by atoms with E-state index in [2.05, 4.69) is 36.0 Å². The van der Waals surface area contributed by atoms with Crippen LogP contribution in [0.4, 0.5) is 9.52 Å². The van der Waals surface area contributed by atoms with Gasteiger partial charge in [-0.25, -0.2) is 19.4 Å². The molecule has 23 heteroatoms. The normalized spacial score (nSPS) is 17.4. The summed E-state index contributed by atoms with van der Waals surface area (Å²) < 4.78 is 23.5. The summed E-state index contributed by atoms with van der Waals surface area (Å²) in [5.74, 6) is -0.0771. The summed E-state index contributed by atoms with van der Waals surface area (Å²) in [5, 5.41) is 43.8. The second-order valence-electron chi connectivity index (χ2n) is 23.8. The van der Waals surface area contributed by atoms with Crippen LogP contribution >= 0.6 is 22.7 Å². The van der Waals surface area contributed by atoms with Crippen molar-refractivity contribution in [3.63, 3.8) is 0 Å². The number of halogens is 1. The van der Waals surface area contributed by atoms with Crippen LogP contribution in [0.2, 0.25) is 0 Å². The number of thiazole rings is 2. The second kappa shape index (κ2) is 28.6. The summed E-state index contributed by atoms with van der Waals surface area (Å²) >= 11 is 2.99. The van der Waals surface area contributed by atoms with E-state index >= 15 is 0 Å². The van der Waals surface area contributed by atoms with Gasteiger partial charge in [0.2, 0.25) is 16.9 Å². The predicted octanol–water partition coefficient (Wildman–Crippen LogP) is 10.1. The highest BCUT2D eigenvalue weighted by molar-refractivity contribution is 7.22. The fourth-order valence-electron chi connectivity index (χ4n) is 10.6. The van der Waals surface area contributed by atoms with E-state index in [9.17, 15) is 33.8 Å². The standard InChI is InChI=1S/C33H43N9O2S.C30H39FN4O5S/c1-21(31(35)39-33-37-26-12-8-9-13-27(26)45-33)18-28(34)41(17-16-40(3)4)29-15-14-24(30(38-29)32(43)44)25-19-36-42(22(25)2)20-23-10-6-5-7-11-23;1-19-24(41-18-33-19)20-9-10-21(23(16-20)40-15-6-5-14-36)17-32-26(37)22-8-7-13-35(22)27(38)25(29(2,3)4)34-28(39)30(31)11-12-30/h8-9,12-15,18-19,23,34,38,43-44H,5-7,10-11,16-17,20H2,1-4H3,(H2,35,37,39);9-10,14,16,18,22,25H,5-8,11-13,15,17H2,1-4H3,(H,32,37)(H,34,39)/b21-18-,34-28?;/t;22-,25?/m.0/s1. The molecule has 460 valence electrons. The molecule has 3 fully saturated rings. The molecule has 2 saturated carbocycles. The highest BCUT2D eigenvalue weighted by atomic mass is 32.1. The van der Waals surface area contributed by atoms with Crippen molar-refractivity contribution in [1.82, 2.24) is 50.4 Å². The Hall–Kier alpha value is -7.76. The fraction of sp³-hybridized carbons (Fsp3) is 0.476. The SMILES string of the molecule is CC(=C/C(=N)N(CCN(C)C)C1=CC=C(c2cnn(CC3CCCCC3)c2C)C(=C(O)O)N1)/C(N)=N/c1nc2ccccc2s1.Cc1ncsc1-c1ccc(CNC(=O)[C@@H]2CCCN2C(=O)C(NC(=O)C2(F)CC2)C(C)(C)C)c(OCCCC=O)c1. The fourth-order valence-corrected chi connectivity index (χ4v) is 12.2. The molecule has 1 unspecified atom stereocenters. The first-order chi connectivity index (χ1) is 41.0. The number of alkyl halides is 1. The maximum absolute atomic E-state index is 14.4. The molecule has 0 radical (unpaired) electrons. The molecule has 0 spiro atoms. The zero-order chi connectivity index (χ0) is 61.9. The number of nitrogens with zero attached hydrogens (tertiary/aromatic N) is 8. The lowest BCUT2D eigenvalue weighted by molar-refractivity contribution is -0.144. The van der Waals surface area contributed by atoms with Crippen LogP contribution in [-0.4, -0.2) is 138 Å². The highest BCUT2D eigenvalue weighted by Crippen LogP contribution is 2.41. The van der Waals surface area contributed by atoms with E-state index < -0.39 is 35.0 Å². The van der Waals surface area contributed by atoms with E-state index in [0.717, 1.165) is 56.0 Å². The zero-order valence-electron chi connectivity index (χ0n) is 50.5. The molecule has 2 aromatic carbocycles. The number of unbranched alkanes of at least 4 members (excludes halogenated alkanes) is 1. The summed E-state index contributed by atoms with van der Waals surface area (Å²) in [5.41, 5.74) is 12.3. The maximum Gasteiger partial charge on any atom is 0.299 e. The molecule has 2 aliphatic heterocycles. The van der Waals surface area contributed by atoms with Crippen LogP contribution in [0.15, 0.2) is 100 Å². The topological polar surface area (TPSA) is 270 Å². The number of rotatable bonds is 22. The third-order valence-corrected chi connectivity index (χ3v) is 17.8. The van der Waals surface area contributed by atoms with Gasteiger partial charge in [0.25, 0.3) is 11.9 Å². The Bertz CT molecular complexity index is 3400. The van der Waals surface area contributed by atoms with Gasteiger partial charge < -0.3 is 56.1 Å². The second-order valence-corrected chi connectivity index (χ2v) is 25.7. The number of nitrogens with one attached hydrogen (secondary N) is 4. The van der Waals surface area contributed by atoms with Crippen molar-refractivity contribution in [2.45, 2.75) is 143 Å². The van der Waals surface area contributed by atoms with Gasteiger partial charge in [0, 0.05) is 61.5 Å². The first kappa shape index (κ1) is 64.2. The average Bonchev–Trinajstić information content (AvgIpc) is 1.80. The van der Waals surface area contributed by atoms with Crippen LogP contribution in [0.25, 0.3) is 26.2 Å². The van der Waals surface area contributed by atoms with Gasteiger partial charge in [-0.05, 0) is 139 Å². The third-order valence-electron chi connectivity index (χ3n) is 15.9. The van der Waals surface area contributed by atoms with Crippen LogP contribution < -0.4 is 26.4 Å². The number of likely N-dealkylation sites (N-methyl/N-ethyl adjacent to an activating group) is 1. The number of aliphatic imine (C=N–C) groups is 1. The van der Waals surface area contributed by atoms with E-state index in [1.165, 1.54) is 59.7 Å². The molecule has 0 bridgehead atoms. The monoisotopic (exact) mass is 1220 g/mol. The number of aldehydes is 1. The van der Waals surface area contributed by atoms with Crippen LogP contribution in [0, 0.1) is 30.6 Å². The minimum atomic E-state index is -1.90. The number of carbonyl (C=O) groups excluding carboxylic acids is 4. The molecule has 8 N–H and O–H groups in total. The molecular weight excluding hydrogens is 1130 g/mol. The number of carbonyl (C=O) groups is 4. The van der Waals surface area contributed by atoms with E-state index in [1.54, 1.807) is 22.7 Å². The lowest BCUT2D eigenvalue weighted by Crippen LogP contribution is -2.58. The Morgan fingerprint density at radius 1 is 1.06 bits per heavy atom. The summed E-state index contributed by atoms with van der Waals surface area (Å²) in [6.07, 6.45) is 16.7. The first-order valence-corrected chi connectivity index (χ1v) is 31.2. The van der Waals surface area contributed by atoms with E-state index in [1.807, 2.05) is 120 Å². The molecule has 1 saturated heterocycles.